The van der Waals surface area contributed by atoms with Crippen LogP contribution < -0.4 is 0 Å². The summed E-state index contributed by atoms with van der Waals surface area (Å²) in [4.78, 5) is 0. The van der Waals surface area contributed by atoms with Gasteiger partial charge in [0.15, 0.2) is 0 Å². The minimum atomic E-state index is 0.883. The van der Waals surface area contributed by atoms with Crippen LogP contribution in [0.2, 0.25) is 0 Å². The molecule has 0 aromatic carbocycles. The van der Waals surface area contributed by atoms with E-state index in [-0.39, 0.29) is 0 Å². The van der Waals surface area contributed by atoms with Gasteiger partial charge in [0.2, 0.25) is 0 Å². The Hall–Kier alpha value is -1.91. The Kier molecular flexibility index (Phi) is 0.864. The zero-order valence-electron chi connectivity index (χ0n) is 6.10. The summed E-state index contributed by atoms with van der Waals surface area (Å²) in [5.41, 5.74) is 2.85. The molecule has 3 heterocycles. The maximum atomic E-state index is 3.94. The number of aromatic nitrogens is 5. The molecule has 0 bridgehead atoms. The molecule has 5 nitrogen and oxygen atoms in total. The first-order valence-corrected chi connectivity index (χ1v) is 3.56. The molecule has 2 aliphatic heterocycles. The highest BCUT2D eigenvalue weighted by atomic mass is 15.2. The fraction of sp³-hybridized carbons (Fsp3) is 0. The van der Waals surface area contributed by atoms with Crippen molar-refractivity contribution in [1.29, 1.82) is 0 Å². The molecule has 2 aliphatic rings. The van der Waals surface area contributed by atoms with Gasteiger partial charge in [0.25, 0.3) is 0 Å². The number of H-pyrrole nitrogens is 1. The Morgan fingerprint density at radius 3 is 3.42 bits per heavy atom. The summed E-state index contributed by atoms with van der Waals surface area (Å²) in [7, 11) is 0. The Morgan fingerprint density at radius 1 is 1.42 bits per heavy atom. The van der Waals surface area contributed by atoms with Gasteiger partial charge in [-0.2, -0.15) is 10.2 Å². The van der Waals surface area contributed by atoms with E-state index in [2.05, 4.69) is 20.4 Å². The number of nitrogens with one attached hydrogen (secondary N) is 1. The van der Waals surface area contributed by atoms with Crippen molar-refractivity contribution in [2.75, 3.05) is 0 Å². The van der Waals surface area contributed by atoms with Crippen LogP contribution in [0.1, 0.15) is 0 Å². The van der Waals surface area contributed by atoms with E-state index in [9.17, 15) is 0 Å². The van der Waals surface area contributed by atoms with E-state index in [0.29, 0.717) is 0 Å². The number of aromatic amines is 1. The number of rotatable bonds is 0. The molecular formula is C7H5N5. The predicted molar refractivity (Wildman–Crippen MR) is 41.8 cm³/mol. The van der Waals surface area contributed by atoms with Crippen LogP contribution in [-0.2, 0) is 0 Å². The van der Waals surface area contributed by atoms with Gasteiger partial charge in [-0.15, -0.1) is 5.10 Å². The minimum absolute atomic E-state index is 0.883. The number of hydrogen-bond donors (Lipinski definition) is 1. The average molecular weight is 159 g/mol. The molecule has 1 aromatic heterocycles. The highest BCUT2D eigenvalue weighted by molar-refractivity contribution is 5.64. The lowest BCUT2D eigenvalue weighted by atomic mass is 10.2. The Morgan fingerprint density at radius 2 is 2.42 bits per heavy atom. The van der Waals surface area contributed by atoms with Crippen LogP contribution in [0.4, 0.5) is 0 Å². The first kappa shape index (κ1) is 5.70. The SMILES string of the molecule is c1nnc2cn3cn[nH]c3cc1-2. The fourth-order valence-corrected chi connectivity index (χ4v) is 1.25. The Balaban J connectivity index is 2.56. The fourth-order valence-electron chi connectivity index (χ4n) is 1.25. The molecule has 0 radical (unpaired) electrons. The number of pyridine rings is 1. The van der Waals surface area contributed by atoms with E-state index >= 15 is 0 Å². The lowest BCUT2D eigenvalue weighted by Gasteiger charge is -1.95. The van der Waals surface area contributed by atoms with Crippen LogP contribution in [0.3, 0.4) is 0 Å². The Labute approximate surface area is 67.4 Å². The summed E-state index contributed by atoms with van der Waals surface area (Å²) in [6.45, 7) is 0. The summed E-state index contributed by atoms with van der Waals surface area (Å²) < 4.78 is 1.87. The molecule has 0 amide bonds. The second-order valence-corrected chi connectivity index (χ2v) is 2.61. The number of hydrogen-bond acceptors (Lipinski definition) is 3. The first-order chi connectivity index (χ1) is 5.93. The summed E-state index contributed by atoms with van der Waals surface area (Å²) in [5, 5.41) is 14.5. The maximum absolute atomic E-state index is 3.94. The lowest BCUT2D eigenvalue weighted by molar-refractivity contribution is 1.07. The lowest BCUT2D eigenvalue weighted by Crippen LogP contribution is -1.86. The summed E-state index contributed by atoms with van der Waals surface area (Å²) in [5.74, 6) is 0. The second-order valence-electron chi connectivity index (χ2n) is 2.61. The average Bonchev–Trinajstić information content (AvgIpc) is 2.64. The van der Waals surface area contributed by atoms with E-state index in [1.807, 2.05) is 16.7 Å². The van der Waals surface area contributed by atoms with Crippen LogP contribution in [-0.4, -0.2) is 24.8 Å². The zero-order chi connectivity index (χ0) is 7.97. The first-order valence-electron chi connectivity index (χ1n) is 3.56. The quantitative estimate of drug-likeness (QED) is 0.521. The van der Waals surface area contributed by atoms with Crippen LogP contribution in [0, 0.1) is 0 Å². The van der Waals surface area contributed by atoms with Crippen molar-refractivity contribution in [3.05, 3.63) is 24.8 Å². The maximum Gasteiger partial charge on any atom is 0.132 e. The van der Waals surface area contributed by atoms with Crippen molar-refractivity contribution < 1.29 is 0 Å². The molecule has 0 atom stereocenters. The molecule has 0 spiro atoms. The molecule has 0 unspecified atom stereocenters. The van der Waals surface area contributed by atoms with Crippen molar-refractivity contribution in [3.63, 3.8) is 0 Å². The van der Waals surface area contributed by atoms with Gasteiger partial charge in [-0.1, -0.05) is 0 Å². The summed E-state index contributed by atoms with van der Waals surface area (Å²) in [6, 6.07) is 1.96. The third kappa shape index (κ3) is 0.597. The molecule has 0 fully saturated rings. The van der Waals surface area contributed by atoms with Gasteiger partial charge in [0, 0.05) is 11.8 Å². The molecule has 0 aliphatic carbocycles. The van der Waals surface area contributed by atoms with Crippen molar-refractivity contribution in [2.45, 2.75) is 0 Å². The van der Waals surface area contributed by atoms with Crippen LogP contribution in [0.5, 0.6) is 0 Å². The van der Waals surface area contributed by atoms with Gasteiger partial charge in [-0.25, -0.2) is 0 Å². The highest BCUT2D eigenvalue weighted by Gasteiger charge is 2.06. The molecule has 5 heteroatoms. The summed E-state index contributed by atoms with van der Waals surface area (Å²) >= 11 is 0. The largest absolute Gasteiger partial charge is 0.289 e. The molecule has 1 aromatic rings. The van der Waals surface area contributed by atoms with Gasteiger partial charge in [-0.3, -0.25) is 9.50 Å². The summed E-state index contributed by atoms with van der Waals surface area (Å²) in [6.07, 6.45) is 5.32. The standard InChI is InChI=1S/C7H5N5/c1-5-2-8-10-6(5)3-12-4-9-11-7(1)12/h1-4,11H. The second kappa shape index (κ2) is 1.82. The minimum Gasteiger partial charge on any atom is -0.289 e. The van der Waals surface area contributed by atoms with Crippen molar-refractivity contribution in [1.82, 2.24) is 24.8 Å². The van der Waals surface area contributed by atoms with Gasteiger partial charge in [0.1, 0.15) is 17.7 Å². The molecule has 1 N–H and O–H groups in total. The van der Waals surface area contributed by atoms with E-state index in [1.165, 1.54) is 0 Å². The van der Waals surface area contributed by atoms with Gasteiger partial charge >= 0.3 is 0 Å². The van der Waals surface area contributed by atoms with Gasteiger partial charge in [0.05, 0.1) is 6.20 Å². The van der Waals surface area contributed by atoms with Crippen LogP contribution in [0.25, 0.3) is 16.9 Å². The molecule has 12 heavy (non-hydrogen) atoms. The smallest absolute Gasteiger partial charge is 0.132 e. The van der Waals surface area contributed by atoms with Crippen molar-refractivity contribution >= 4 is 5.65 Å². The molecule has 3 rings (SSSR count). The number of fused-ring (bicyclic) bond motifs is 2. The zero-order valence-corrected chi connectivity index (χ0v) is 6.10. The molecule has 0 saturated heterocycles. The van der Waals surface area contributed by atoms with E-state index in [0.717, 1.165) is 16.9 Å². The highest BCUT2D eigenvalue weighted by Crippen LogP contribution is 2.18. The Bertz CT molecular complexity index is 451. The van der Waals surface area contributed by atoms with E-state index in [1.54, 1.807) is 12.5 Å². The van der Waals surface area contributed by atoms with Crippen molar-refractivity contribution in [2.24, 2.45) is 0 Å². The third-order valence-corrected chi connectivity index (χ3v) is 1.85. The third-order valence-electron chi connectivity index (χ3n) is 1.85. The number of nitrogens with zero attached hydrogens (tertiary/aromatic N) is 4. The topological polar surface area (TPSA) is 58.9 Å². The van der Waals surface area contributed by atoms with E-state index in [4.69, 9.17) is 0 Å². The molecular weight excluding hydrogens is 154 g/mol. The normalized spacial score (nSPS) is 11.3. The van der Waals surface area contributed by atoms with Gasteiger partial charge in [-0.05, 0) is 6.07 Å². The predicted octanol–water partition coefficient (Wildman–Crippen LogP) is 0.557. The van der Waals surface area contributed by atoms with Crippen LogP contribution in [0.15, 0.2) is 24.8 Å². The van der Waals surface area contributed by atoms with E-state index < -0.39 is 0 Å². The monoisotopic (exact) mass is 159 g/mol. The van der Waals surface area contributed by atoms with Gasteiger partial charge < -0.3 is 0 Å². The van der Waals surface area contributed by atoms with Crippen molar-refractivity contribution in [3.8, 4) is 11.3 Å². The molecule has 0 saturated carbocycles. The molecule has 58 valence electrons. The van der Waals surface area contributed by atoms with Crippen LogP contribution >= 0.6 is 0 Å².